The van der Waals surface area contributed by atoms with Crippen molar-refractivity contribution in [2.45, 2.75) is 11.6 Å². The number of alkyl halides is 3. The molecule has 142 valence electrons. The molecule has 0 aliphatic heterocycles. The number of ether oxygens (including phenoxy) is 2. The number of carboxylic acids is 1. The van der Waals surface area contributed by atoms with Crippen molar-refractivity contribution >= 4 is 26.9 Å². The number of halogens is 3. The summed E-state index contributed by atoms with van der Waals surface area (Å²) in [5, 5.41) is 10.00. The van der Waals surface area contributed by atoms with E-state index in [1.54, 1.807) is 12.1 Å². The zero-order valence-corrected chi connectivity index (χ0v) is 14.0. The van der Waals surface area contributed by atoms with Crippen LogP contribution in [-0.4, -0.2) is 38.9 Å². The molecule has 0 aromatic heterocycles. The summed E-state index contributed by atoms with van der Waals surface area (Å²) in [5.74, 6) is -2.36. The Morgan fingerprint density at radius 1 is 1.19 bits per heavy atom. The maximum Gasteiger partial charge on any atom is 0.534 e. The van der Waals surface area contributed by atoms with Crippen LogP contribution < -0.4 is 4.18 Å². The monoisotopic (exact) mass is 394 g/mol. The number of hydrogen-bond acceptors (Lipinski definition) is 6. The fraction of sp³-hybridized carbons (Fsp3) is 0.267. The Labute approximate surface area is 146 Å². The van der Waals surface area contributed by atoms with Gasteiger partial charge in [-0.3, -0.25) is 0 Å². The third kappa shape index (κ3) is 4.06. The van der Waals surface area contributed by atoms with Crippen molar-refractivity contribution in [1.82, 2.24) is 0 Å². The second kappa shape index (κ2) is 7.48. The molecule has 1 unspecified atom stereocenters. The SMILES string of the molecule is COCOC(C(=O)O)c1c(OS(=O)(=O)C(F)(F)F)ccc2ccccc12. The Morgan fingerprint density at radius 3 is 2.42 bits per heavy atom. The number of rotatable bonds is 7. The normalized spacial score (nSPS) is 13.5. The van der Waals surface area contributed by atoms with E-state index in [0.29, 0.717) is 5.39 Å². The minimum absolute atomic E-state index is 0.158. The molecule has 2 rings (SSSR count). The lowest BCUT2D eigenvalue weighted by molar-refractivity contribution is -0.159. The molecule has 0 radical (unpaired) electrons. The Balaban J connectivity index is 2.69. The Bertz CT molecular complexity index is 909. The van der Waals surface area contributed by atoms with E-state index in [-0.39, 0.29) is 10.9 Å². The molecule has 0 saturated heterocycles. The van der Waals surface area contributed by atoms with Gasteiger partial charge in [-0.25, -0.2) is 4.79 Å². The summed E-state index contributed by atoms with van der Waals surface area (Å²) in [7, 11) is -4.79. The van der Waals surface area contributed by atoms with E-state index in [2.05, 4.69) is 8.92 Å². The molecule has 11 heteroatoms. The van der Waals surface area contributed by atoms with Crippen molar-refractivity contribution < 1.29 is 45.1 Å². The average Bonchev–Trinajstić information content (AvgIpc) is 2.55. The van der Waals surface area contributed by atoms with Crippen LogP contribution in [-0.2, 0) is 24.4 Å². The summed E-state index contributed by atoms with van der Waals surface area (Å²) in [4.78, 5) is 11.6. The molecule has 0 fully saturated rings. The molecule has 1 atom stereocenters. The van der Waals surface area contributed by atoms with E-state index in [4.69, 9.17) is 4.74 Å². The lowest BCUT2D eigenvalue weighted by Crippen LogP contribution is -2.29. The van der Waals surface area contributed by atoms with Crippen LogP contribution in [0.25, 0.3) is 10.8 Å². The number of benzene rings is 2. The van der Waals surface area contributed by atoms with E-state index >= 15 is 0 Å². The van der Waals surface area contributed by atoms with Crippen LogP contribution in [0.3, 0.4) is 0 Å². The van der Waals surface area contributed by atoms with E-state index in [1.165, 1.54) is 25.3 Å². The molecule has 26 heavy (non-hydrogen) atoms. The van der Waals surface area contributed by atoms with Gasteiger partial charge in [-0.1, -0.05) is 30.3 Å². The number of methoxy groups -OCH3 is 1. The van der Waals surface area contributed by atoms with Crippen LogP contribution >= 0.6 is 0 Å². The van der Waals surface area contributed by atoms with Gasteiger partial charge in [-0.05, 0) is 16.8 Å². The fourth-order valence-electron chi connectivity index (χ4n) is 2.20. The summed E-state index contributed by atoms with van der Waals surface area (Å²) in [5.41, 5.74) is -6.05. The van der Waals surface area contributed by atoms with E-state index in [0.717, 1.165) is 6.07 Å². The minimum Gasteiger partial charge on any atom is -0.479 e. The quantitative estimate of drug-likeness (QED) is 0.438. The summed E-state index contributed by atoms with van der Waals surface area (Å²) in [6.07, 6.45) is -1.82. The summed E-state index contributed by atoms with van der Waals surface area (Å²) >= 11 is 0. The first-order valence-corrected chi connectivity index (χ1v) is 8.35. The highest BCUT2D eigenvalue weighted by Gasteiger charge is 2.49. The maximum atomic E-state index is 12.6. The van der Waals surface area contributed by atoms with Crippen molar-refractivity contribution in [3.8, 4) is 5.75 Å². The Kier molecular flexibility index (Phi) is 5.74. The number of carboxylic acid groups (broad SMARTS) is 1. The van der Waals surface area contributed by atoms with Gasteiger partial charge in [0.05, 0.1) is 0 Å². The van der Waals surface area contributed by atoms with Crippen LogP contribution in [0.5, 0.6) is 5.75 Å². The van der Waals surface area contributed by atoms with Gasteiger partial charge in [0.2, 0.25) is 0 Å². The van der Waals surface area contributed by atoms with Crippen molar-refractivity contribution in [2.24, 2.45) is 0 Å². The van der Waals surface area contributed by atoms with Crippen LogP contribution in [0.2, 0.25) is 0 Å². The van der Waals surface area contributed by atoms with Crippen LogP contribution in [0.4, 0.5) is 13.2 Å². The van der Waals surface area contributed by atoms with Gasteiger partial charge in [-0.2, -0.15) is 21.6 Å². The van der Waals surface area contributed by atoms with Gasteiger partial charge in [0.25, 0.3) is 0 Å². The highest BCUT2D eigenvalue weighted by atomic mass is 32.2. The largest absolute Gasteiger partial charge is 0.534 e. The van der Waals surface area contributed by atoms with Gasteiger partial charge in [-0.15, -0.1) is 0 Å². The molecule has 0 heterocycles. The van der Waals surface area contributed by atoms with Gasteiger partial charge in [0.15, 0.2) is 6.10 Å². The zero-order chi connectivity index (χ0) is 19.5. The molecule has 2 aromatic rings. The lowest BCUT2D eigenvalue weighted by Gasteiger charge is -2.20. The molecule has 7 nitrogen and oxygen atoms in total. The number of hydrogen-bond donors (Lipinski definition) is 1. The first kappa shape index (κ1) is 19.9. The van der Waals surface area contributed by atoms with Crippen molar-refractivity contribution in [1.29, 1.82) is 0 Å². The second-order valence-corrected chi connectivity index (χ2v) is 6.51. The molecule has 0 saturated carbocycles. The molecule has 0 aliphatic rings. The standard InChI is InChI=1S/C15H13F3O7S/c1-23-8-24-13(14(19)20)12-10-5-3-2-4-9(10)6-7-11(12)25-26(21,22)15(16,17)18/h2-7,13H,8H2,1H3,(H,19,20). The lowest BCUT2D eigenvalue weighted by atomic mass is 9.99. The number of carbonyl (C=O) groups is 1. The second-order valence-electron chi connectivity index (χ2n) is 4.97. The van der Waals surface area contributed by atoms with Crippen LogP contribution in [0, 0.1) is 0 Å². The molecule has 0 spiro atoms. The zero-order valence-electron chi connectivity index (χ0n) is 13.2. The fourth-order valence-corrected chi connectivity index (χ4v) is 2.67. The Hall–Kier alpha value is -2.37. The number of fused-ring (bicyclic) bond motifs is 1. The average molecular weight is 394 g/mol. The van der Waals surface area contributed by atoms with Gasteiger partial charge < -0.3 is 18.8 Å². The van der Waals surface area contributed by atoms with Crippen LogP contribution in [0.15, 0.2) is 36.4 Å². The number of aliphatic carboxylic acids is 1. The molecule has 0 aliphatic carbocycles. The topological polar surface area (TPSA) is 99.1 Å². The molecule has 2 aromatic carbocycles. The van der Waals surface area contributed by atoms with Crippen LogP contribution in [0.1, 0.15) is 11.7 Å². The maximum absolute atomic E-state index is 12.6. The van der Waals surface area contributed by atoms with Crippen molar-refractivity contribution in [3.05, 3.63) is 42.0 Å². The van der Waals surface area contributed by atoms with E-state index in [9.17, 15) is 31.5 Å². The van der Waals surface area contributed by atoms with Crippen molar-refractivity contribution in [2.75, 3.05) is 13.9 Å². The highest BCUT2D eigenvalue weighted by molar-refractivity contribution is 7.88. The minimum atomic E-state index is -6.00. The predicted molar refractivity (Wildman–Crippen MR) is 82.9 cm³/mol. The Morgan fingerprint density at radius 2 is 1.85 bits per heavy atom. The van der Waals surface area contributed by atoms with Gasteiger partial charge in [0, 0.05) is 12.7 Å². The summed E-state index contributed by atoms with van der Waals surface area (Å²) in [6, 6.07) is 8.33. The molecule has 1 N–H and O–H groups in total. The van der Waals surface area contributed by atoms with Gasteiger partial charge in [0.1, 0.15) is 12.5 Å². The third-order valence-electron chi connectivity index (χ3n) is 3.25. The molecular weight excluding hydrogens is 381 g/mol. The van der Waals surface area contributed by atoms with E-state index < -0.39 is 40.2 Å². The van der Waals surface area contributed by atoms with E-state index in [1.807, 2.05) is 0 Å². The van der Waals surface area contributed by atoms with Gasteiger partial charge >= 0.3 is 21.6 Å². The smallest absolute Gasteiger partial charge is 0.479 e. The summed E-state index contributed by atoms with van der Waals surface area (Å²) < 4.78 is 74.5. The first-order chi connectivity index (χ1) is 12.1. The molecule has 0 amide bonds. The first-order valence-electron chi connectivity index (χ1n) is 6.94. The molecular formula is C15H13F3O7S. The predicted octanol–water partition coefficient (Wildman–Crippen LogP) is 2.81. The highest BCUT2D eigenvalue weighted by Crippen LogP contribution is 2.38. The molecule has 0 bridgehead atoms. The van der Waals surface area contributed by atoms with Crippen molar-refractivity contribution in [3.63, 3.8) is 0 Å². The summed E-state index contributed by atoms with van der Waals surface area (Å²) in [6.45, 7) is -0.494. The third-order valence-corrected chi connectivity index (χ3v) is 4.22.